The molecule has 0 aliphatic carbocycles. The van der Waals surface area contributed by atoms with Gasteiger partial charge >= 0.3 is 0 Å². The van der Waals surface area contributed by atoms with Crippen molar-refractivity contribution in [2.45, 2.75) is 12.8 Å². The maximum Gasteiger partial charge on any atom is 0.271 e. The number of aromatic amines is 1. The number of nitrogens with zero attached hydrogens (tertiary/aromatic N) is 3. The molecule has 1 fully saturated rings. The summed E-state index contributed by atoms with van der Waals surface area (Å²) in [5.74, 6) is -0.111. The minimum absolute atomic E-state index is 0.111. The van der Waals surface area contributed by atoms with Gasteiger partial charge < -0.3 is 10.2 Å². The lowest BCUT2D eigenvalue weighted by molar-refractivity contribution is 0.0947. The fourth-order valence-corrected chi connectivity index (χ4v) is 4.31. The van der Waals surface area contributed by atoms with Crippen molar-refractivity contribution in [2.75, 3.05) is 44.2 Å². The SMILES string of the molecule is O=C(NCCCCN1CCN(c2ccccc2)CC1)c1cc(-c2cccs2)[nH]n1. The van der Waals surface area contributed by atoms with Crippen molar-refractivity contribution in [2.24, 2.45) is 0 Å². The van der Waals surface area contributed by atoms with E-state index in [0.717, 1.165) is 56.1 Å². The van der Waals surface area contributed by atoms with Crippen LogP contribution in [0.25, 0.3) is 10.6 Å². The monoisotopic (exact) mass is 409 g/mol. The molecule has 0 unspecified atom stereocenters. The van der Waals surface area contributed by atoms with E-state index in [2.05, 4.69) is 55.6 Å². The lowest BCUT2D eigenvalue weighted by Gasteiger charge is -2.36. The van der Waals surface area contributed by atoms with Crippen molar-refractivity contribution in [1.29, 1.82) is 0 Å². The number of H-pyrrole nitrogens is 1. The Hall–Kier alpha value is -2.64. The molecule has 0 radical (unpaired) electrons. The van der Waals surface area contributed by atoms with Crippen LogP contribution in [-0.2, 0) is 0 Å². The average molecular weight is 410 g/mol. The molecule has 1 amide bonds. The van der Waals surface area contributed by atoms with Crippen molar-refractivity contribution >= 4 is 22.9 Å². The molecule has 1 aromatic carbocycles. The number of nitrogens with one attached hydrogen (secondary N) is 2. The summed E-state index contributed by atoms with van der Waals surface area (Å²) in [6.45, 7) is 6.12. The Morgan fingerprint density at radius 1 is 1.07 bits per heavy atom. The molecule has 152 valence electrons. The highest BCUT2D eigenvalue weighted by atomic mass is 32.1. The van der Waals surface area contributed by atoms with Crippen LogP contribution in [0.5, 0.6) is 0 Å². The minimum Gasteiger partial charge on any atom is -0.369 e. The molecule has 4 rings (SSSR count). The summed E-state index contributed by atoms with van der Waals surface area (Å²) in [5.41, 5.74) is 2.65. The smallest absolute Gasteiger partial charge is 0.271 e. The van der Waals surface area contributed by atoms with Crippen LogP contribution in [-0.4, -0.2) is 60.3 Å². The highest BCUT2D eigenvalue weighted by Crippen LogP contribution is 2.22. The number of carbonyl (C=O) groups excluding carboxylic acids is 1. The molecule has 0 bridgehead atoms. The molecule has 3 heterocycles. The van der Waals surface area contributed by atoms with E-state index in [9.17, 15) is 4.79 Å². The number of piperazine rings is 1. The molecule has 3 aromatic rings. The zero-order chi connectivity index (χ0) is 19.9. The molecule has 6 nitrogen and oxygen atoms in total. The van der Waals surface area contributed by atoms with Gasteiger partial charge in [0.15, 0.2) is 5.69 Å². The first-order chi connectivity index (χ1) is 14.3. The van der Waals surface area contributed by atoms with Crippen LogP contribution in [0.4, 0.5) is 5.69 Å². The second kappa shape index (κ2) is 9.71. The Morgan fingerprint density at radius 2 is 1.90 bits per heavy atom. The first-order valence-electron chi connectivity index (χ1n) is 10.2. The molecular formula is C22H27N5OS. The quantitative estimate of drug-likeness (QED) is 0.559. The number of hydrogen-bond acceptors (Lipinski definition) is 5. The van der Waals surface area contributed by atoms with E-state index in [0.29, 0.717) is 12.2 Å². The van der Waals surface area contributed by atoms with E-state index in [4.69, 9.17) is 0 Å². The van der Waals surface area contributed by atoms with Crippen LogP contribution >= 0.6 is 11.3 Å². The van der Waals surface area contributed by atoms with Gasteiger partial charge in [-0.3, -0.25) is 14.8 Å². The number of anilines is 1. The molecule has 1 aliphatic rings. The normalized spacial score (nSPS) is 14.8. The van der Waals surface area contributed by atoms with Gasteiger partial charge in [0.25, 0.3) is 5.91 Å². The third-order valence-corrected chi connectivity index (χ3v) is 6.18. The number of amides is 1. The Balaban J connectivity index is 1.12. The zero-order valence-corrected chi connectivity index (χ0v) is 17.3. The largest absolute Gasteiger partial charge is 0.369 e. The summed E-state index contributed by atoms with van der Waals surface area (Å²) in [6, 6.07) is 16.4. The molecular weight excluding hydrogens is 382 g/mol. The molecule has 2 N–H and O–H groups in total. The lowest BCUT2D eigenvalue weighted by Crippen LogP contribution is -2.46. The molecule has 2 aromatic heterocycles. The topological polar surface area (TPSA) is 64.3 Å². The highest BCUT2D eigenvalue weighted by molar-refractivity contribution is 7.13. The molecule has 0 atom stereocenters. The van der Waals surface area contributed by atoms with Crippen molar-refractivity contribution in [3.05, 3.63) is 59.6 Å². The Morgan fingerprint density at radius 3 is 2.66 bits per heavy atom. The second-order valence-corrected chi connectivity index (χ2v) is 8.22. The summed E-state index contributed by atoms with van der Waals surface area (Å²) >= 11 is 1.63. The number of hydrogen-bond donors (Lipinski definition) is 2. The van der Waals surface area contributed by atoms with Crippen LogP contribution in [0.2, 0.25) is 0 Å². The lowest BCUT2D eigenvalue weighted by atomic mass is 10.2. The van der Waals surface area contributed by atoms with Crippen LogP contribution in [0, 0.1) is 0 Å². The van der Waals surface area contributed by atoms with Gasteiger partial charge in [-0.05, 0) is 49.0 Å². The van der Waals surface area contributed by atoms with Gasteiger partial charge in [-0.15, -0.1) is 11.3 Å². The maximum atomic E-state index is 12.3. The molecule has 0 saturated carbocycles. The number of carbonyl (C=O) groups is 1. The second-order valence-electron chi connectivity index (χ2n) is 7.27. The van der Waals surface area contributed by atoms with Crippen molar-refractivity contribution < 1.29 is 4.79 Å². The maximum absolute atomic E-state index is 12.3. The summed E-state index contributed by atoms with van der Waals surface area (Å²) in [6.07, 6.45) is 2.07. The van der Waals surface area contributed by atoms with Crippen LogP contribution in [0.3, 0.4) is 0 Å². The Bertz CT molecular complexity index is 885. The molecule has 7 heteroatoms. The minimum atomic E-state index is -0.111. The number of benzene rings is 1. The summed E-state index contributed by atoms with van der Waals surface area (Å²) in [5, 5.41) is 12.1. The average Bonchev–Trinajstić information content (AvgIpc) is 3.46. The van der Waals surface area contributed by atoms with Gasteiger partial charge in [0.1, 0.15) is 0 Å². The van der Waals surface area contributed by atoms with Crippen molar-refractivity contribution in [3.8, 4) is 10.6 Å². The van der Waals surface area contributed by atoms with Gasteiger partial charge in [0, 0.05) is 38.4 Å². The Kier molecular flexibility index (Phi) is 6.59. The van der Waals surface area contributed by atoms with Gasteiger partial charge in [-0.25, -0.2) is 0 Å². The number of para-hydroxylation sites is 1. The number of aromatic nitrogens is 2. The fourth-order valence-electron chi connectivity index (χ4n) is 3.62. The molecule has 1 aliphatic heterocycles. The molecule has 1 saturated heterocycles. The van der Waals surface area contributed by atoms with Crippen molar-refractivity contribution in [3.63, 3.8) is 0 Å². The summed E-state index contributed by atoms with van der Waals surface area (Å²) < 4.78 is 0. The number of rotatable bonds is 8. The van der Waals surface area contributed by atoms with Crippen LogP contribution < -0.4 is 10.2 Å². The van der Waals surface area contributed by atoms with E-state index >= 15 is 0 Å². The summed E-state index contributed by atoms with van der Waals surface area (Å²) in [4.78, 5) is 18.3. The highest BCUT2D eigenvalue weighted by Gasteiger charge is 2.16. The van der Waals surface area contributed by atoms with Gasteiger partial charge in [-0.2, -0.15) is 5.10 Å². The molecule has 0 spiro atoms. The van der Waals surface area contributed by atoms with E-state index in [1.807, 2.05) is 23.6 Å². The number of unbranched alkanes of at least 4 members (excludes halogenated alkanes) is 1. The predicted molar refractivity (Wildman–Crippen MR) is 119 cm³/mol. The van der Waals surface area contributed by atoms with E-state index in [-0.39, 0.29) is 5.91 Å². The first-order valence-corrected chi connectivity index (χ1v) is 11.1. The fraction of sp³-hybridized carbons (Fsp3) is 0.364. The van der Waals surface area contributed by atoms with E-state index < -0.39 is 0 Å². The van der Waals surface area contributed by atoms with Gasteiger partial charge in [0.05, 0.1) is 10.6 Å². The van der Waals surface area contributed by atoms with Gasteiger partial charge in [0.2, 0.25) is 0 Å². The van der Waals surface area contributed by atoms with Crippen LogP contribution in [0.15, 0.2) is 53.9 Å². The third kappa shape index (κ3) is 5.25. The zero-order valence-electron chi connectivity index (χ0n) is 16.5. The third-order valence-electron chi connectivity index (χ3n) is 5.28. The van der Waals surface area contributed by atoms with Crippen molar-refractivity contribution in [1.82, 2.24) is 20.4 Å². The Labute approximate surface area is 175 Å². The molecule has 29 heavy (non-hydrogen) atoms. The van der Waals surface area contributed by atoms with Gasteiger partial charge in [-0.1, -0.05) is 24.3 Å². The van der Waals surface area contributed by atoms with E-state index in [1.54, 1.807) is 11.3 Å². The number of thiophene rings is 1. The standard InChI is InChI=1S/C22H27N5OS/c28-22(20-17-19(24-25-20)21-9-6-16-29-21)23-10-4-5-11-26-12-14-27(15-13-26)18-7-2-1-3-8-18/h1-3,6-9,16-17H,4-5,10-15H2,(H,23,28)(H,24,25). The van der Waals surface area contributed by atoms with E-state index in [1.165, 1.54) is 5.69 Å². The predicted octanol–water partition coefficient (Wildman–Crippen LogP) is 3.47. The summed E-state index contributed by atoms with van der Waals surface area (Å²) in [7, 11) is 0. The van der Waals surface area contributed by atoms with Crippen LogP contribution in [0.1, 0.15) is 23.3 Å². The first kappa shape index (κ1) is 19.7.